The number of ether oxygens (including phenoxy) is 1. The molecule has 0 aromatic heterocycles. The predicted octanol–water partition coefficient (Wildman–Crippen LogP) is 2.18. The number of hydrogen-bond acceptors (Lipinski definition) is 3. The molecule has 1 saturated heterocycles. The number of nitrogens with zero attached hydrogens (tertiary/aromatic N) is 1. The van der Waals surface area contributed by atoms with Crippen molar-refractivity contribution in [1.82, 2.24) is 4.90 Å². The third kappa shape index (κ3) is 3.99. The average Bonchev–Trinajstić information content (AvgIpc) is 2.43. The zero-order chi connectivity index (χ0) is 13.8. The lowest BCUT2D eigenvalue weighted by molar-refractivity contribution is -0.0385. The number of likely N-dealkylation sites (N-methyl/N-ethyl adjacent to an activating group) is 1. The Bertz CT molecular complexity index is 430. The Morgan fingerprint density at radius 3 is 3.11 bits per heavy atom. The highest BCUT2D eigenvalue weighted by Crippen LogP contribution is 2.21. The Morgan fingerprint density at radius 2 is 2.37 bits per heavy atom. The van der Waals surface area contributed by atoms with Gasteiger partial charge in [0.1, 0.15) is 5.82 Å². The molecule has 1 aromatic carbocycles. The third-order valence-electron chi connectivity index (χ3n) is 3.57. The fourth-order valence-corrected chi connectivity index (χ4v) is 2.77. The van der Waals surface area contributed by atoms with Crippen molar-refractivity contribution >= 4 is 15.9 Å². The molecule has 106 valence electrons. The summed E-state index contributed by atoms with van der Waals surface area (Å²) in [6, 6.07) is 4.57. The quantitative estimate of drug-likeness (QED) is 0.919. The monoisotopic (exact) mass is 330 g/mol. The molecule has 2 rings (SSSR count). The first-order chi connectivity index (χ1) is 9.10. The predicted molar refractivity (Wildman–Crippen MR) is 77.6 cm³/mol. The summed E-state index contributed by atoms with van der Waals surface area (Å²) in [6.45, 7) is 5.68. The number of rotatable bonds is 4. The second kappa shape index (κ2) is 6.79. The molecule has 0 aliphatic carbocycles. The summed E-state index contributed by atoms with van der Waals surface area (Å²) in [4.78, 5) is 2.33. The van der Waals surface area contributed by atoms with E-state index in [9.17, 15) is 4.39 Å². The molecule has 0 radical (unpaired) electrons. The Kier molecular flexibility index (Phi) is 5.33. The molecule has 19 heavy (non-hydrogen) atoms. The number of benzene rings is 1. The van der Waals surface area contributed by atoms with E-state index in [-0.39, 0.29) is 18.0 Å². The van der Waals surface area contributed by atoms with Crippen molar-refractivity contribution in [3.8, 4) is 0 Å². The molecular formula is C14H20BrFN2O. The molecule has 0 spiro atoms. The molecule has 2 N–H and O–H groups in total. The maximum absolute atomic E-state index is 13.3. The summed E-state index contributed by atoms with van der Waals surface area (Å²) in [5.41, 5.74) is 7.11. The molecule has 5 heteroatoms. The zero-order valence-corrected chi connectivity index (χ0v) is 12.7. The van der Waals surface area contributed by atoms with Gasteiger partial charge in [0.25, 0.3) is 0 Å². The summed E-state index contributed by atoms with van der Waals surface area (Å²) < 4.78 is 19.9. The van der Waals surface area contributed by atoms with Gasteiger partial charge >= 0.3 is 0 Å². The summed E-state index contributed by atoms with van der Waals surface area (Å²) in [5, 5.41) is 0. The molecule has 2 unspecified atom stereocenters. The highest BCUT2D eigenvalue weighted by Gasteiger charge is 2.25. The van der Waals surface area contributed by atoms with Gasteiger partial charge in [-0.3, -0.25) is 4.90 Å². The molecule has 1 aromatic rings. The van der Waals surface area contributed by atoms with Gasteiger partial charge in [-0.15, -0.1) is 0 Å². The summed E-state index contributed by atoms with van der Waals surface area (Å²) in [5.74, 6) is -0.231. The molecule has 2 atom stereocenters. The minimum Gasteiger partial charge on any atom is -0.374 e. The van der Waals surface area contributed by atoms with Gasteiger partial charge < -0.3 is 10.5 Å². The van der Waals surface area contributed by atoms with Crippen molar-refractivity contribution in [3.05, 3.63) is 34.1 Å². The van der Waals surface area contributed by atoms with E-state index in [1.165, 1.54) is 12.1 Å². The highest BCUT2D eigenvalue weighted by molar-refractivity contribution is 9.10. The maximum atomic E-state index is 13.3. The third-order valence-corrected chi connectivity index (χ3v) is 4.34. The Hall–Kier alpha value is -0.490. The number of morpholine rings is 1. The van der Waals surface area contributed by atoms with Gasteiger partial charge in [0, 0.05) is 23.6 Å². The van der Waals surface area contributed by atoms with E-state index in [4.69, 9.17) is 10.5 Å². The van der Waals surface area contributed by atoms with Crippen molar-refractivity contribution in [2.24, 2.45) is 5.73 Å². The van der Waals surface area contributed by atoms with Gasteiger partial charge in [-0.05, 0) is 36.7 Å². The number of halogens is 2. The molecule has 1 fully saturated rings. The normalized spacial score (nSPS) is 22.4. The van der Waals surface area contributed by atoms with Gasteiger partial charge in [-0.2, -0.15) is 0 Å². The first kappa shape index (κ1) is 14.9. The second-order valence-corrected chi connectivity index (χ2v) is 5.76. The van der Waals surface area contributed by atoms with E-state index in [1.54, 1.807) is 6.07 Å². The van der Waals surface area contributed by atoms with Crippen LogP contribution in [0.5, 0.6) is 0 Å². The van der Waals surface area contributed by atoms with Crippen molar-refractivity contribution in [2.75, 3.05) is 26.2 Å². The van der Waals surface area contributed by atoms with Crippen LogP contribution in [0.1, 0.15) is 12.5 Å². The molecule has 3 nitrogen and oxygen atoms in total. The standard InChI is InChI=1S/C14H20BrFN2O/c1-2-18-5-6-19-14(9-18)13(17)8-10-7-11(16)3-4-12(10)15/h3-4,7,13-14H,2,5-6,8-9,17H2,1H3. The van der Waals surface area contributed by atoms with E-state index >= 15 is 0 Å². The summed E-state index contributed by atoms with van der Waals surface area (Å²) in [6.07, 6.45) is 0.629. The van der Waals surface area contributed by atoms with E-state index < -0.39 is 0 Å². The molecule has 1 aliphatic rings. The largest absolute Gasteiger partial charge is 0.374 e. The van der Waals surface area contributed by atoms with E-state index in [1.807, 2.05) is 0 Å². The van der Waals surface area contributed by atoms with Gasteiger partial charge in [-0.1, -0.05) is 22.9 Å². The lowest BCUT2D eigenvalue weighted by Gasteiger charge is -2.35. The van der Waals surface area contributed by atoms with Gasteiger partial charge in [0.05, 0.1) is 12.7 Å². The molecule has 1 aliphatic heterocycles. The van der Waals surface area contributed by atoms with E-state index in [0.717, 1.165) is 36.3 Å². The van der Waals surface area contributed by atoms with Crippen LogP contribution in [0.3, 0.4) is 0 Å². The van der Waals surface area contributed by atoms with Crippen LogP contribution in [0.2, 0.25) is 0 Å². The Morgan fingerprint density at radius 1 is 1.58 bits per heavy atom. The number of nitrogens with two attached hydrogens (primary N) is 1. The van der Waals surface area contributed by atoms with Crippen LogP contribution in [-0.2, 0) is 11.2 Å². The van der Waals surface area contributed by atoms with E-state index in [2.05, 4.69) is 27.8 Å². The molecule has 0 amide bonds. The van der Waals surface area contributed by atoms with E-state index in [0.29, 0.717) is 6.42 Å². The van der Waals surface area contributed by atoms with Crippen LogP contribution in [0.4, 0.5) is 4.39 Å². The van der Waals surface area contributed by atoms with Crippen LogP contribution in [-0.4, -0.2) is 43.3 Å². The molecule has 0 bridgehead atoms. The fourth-order valence-electron chi connectivity index (χ4n) is 2.36. The Balaban J connectivity index is 2.00. The van der Waals surface area contributed by atoms with Crippen molar-refractivity contribution < 1.29 is 9.13 Å². The first-order valence-electron chi connectivity index (χ1n) is 6.63. The van der Waals surface area contributed by atoms with Crippen LogP contribution in [0.15, 0.2) is 22.7 Å². The minimum absolute atomic E-state index is 0.0175. The second-order valence-electron chi connectivity index (χ2n) is 4.91. The van der Waals surface area contributed by atoms with Crippen LogP contribution < -0.4 is 5.73 Å². The maximum Gasteiger partial charge on any atom is 0.123 e. The smallest absolute Gasteiger partial charge is 0.123 e. The molecular weight excluding hydrogens is 311 g/mol. The van der Waals surface area contributed by atoms with Crippen molar-refractivity contribution in [1.29, 1.82) is 0 Å². The minimum atomic E-state index is -0.231. The van der Waals surface area contributed by atoms with Crippen molar-refractivity contribution in [2.45, 2.75) is 25.5 Å². The summed E-state index contributed by atoms with van der Waals surface area (Å²) in [7, 11) is 0. The lowest BCUT2D eigenvalue weighted by Crippen LogP contribution is -2.51. The molecule has 0 saturated carbocycles. The SMILES string of the molecule is CCN1CCOC(C(N)Cc2cc(F)ccc2Br)C1. The van der Waals surface area contributed by atoms with Gasteiger partial charge in [-0.25, -0.2) is 4.39 Å². The fraction of sp³-hybridized carbons (Fsp3) is 0.571. The van der Waals surface area contributed by atoms with Crippen LogP contribution in [0, 0.1) is 5.82 Å². The van der Waals surface area contributed by atoms with Crippen LogP contribution in [0.25, 0.3) is 0 Å². The summed E-state index contributed by atoms with van der Waals surface area (Å²) >= 11 is 3.44. The molecule has 1 heterocycles. The average molecular weight is 331 g/mol. The topological polar surface area (TPSA) is 38.5 Å². The number of hydrogen-bond donors (Lipinski definition) is 1. The van der Waals surface area contributed by atoms with Gasteiger partial charge in [0.15, 0.2) is 0 Å². The van der Waals surface area contributed by atoms with Crippen molar-refractivity contribution in [3.63, 3.8) is 0 Å². The Labute approximate surface area is 122 Å². The lowest BCUT2D eigenvalue weighted by atomic mass is 10.0. The first-order valence-corrected chi connectivity index (χ1v) is 7.43. The van der Waals surface area contributed by atoms with Gasteiger partial charge in [0.2, 0.25) is 0 Å². The highest BCUT2D eigenvalue weighted by atomic mass is 79.9. The van der Waals surface area contributed by atoms with Crippen LogP contribution >= 0.6 is 15.9 Å². The zero-order valence-electron chi connectivity index (χ0n) is 11.1.